The highest BCUT2D eigenvalue weighted by atomic mass is 35.5. The van der Waals surface area contributed by atoms with Gasteiger partial charge in [0.1, 0.15) is 5.82 Å². The van der Waals surface area contributed by atoms with Gasteiger partial charge in [-0.2, -0.15) is 0 Å². The summed E-state index contributed by atoms with van der Waals surface area (Å²) in [6, 6.07) is 13.1. The lowest BCUT2D eigenvalue weighted by atomic mass is 9.90. The Balaban J connectivity index is 0.00000196. The predicted octanol–water partition coefficient (Wildman–Crippen LogP) is 5.05. The smallest absolute Gasteiger partial charge is 0.123 e. The van der Waals surface area contributed by atoms with E-state index in [4.69, 9.17) is 11.6 Å². The predicted molar refractivity (Wildman–Crippen MR) is 110 cm³/mol. The minimum atomic E-state index is -0.176. The maximum atomic E-state index is 13.1. The molecule has 26 heavy (non-hydrogen) atoms. The van der Waals surface area contributed by atoms with Crippen LogP contribution in [0.1, 0.15) is 17.5 Å². The molecular formula is C21H23Cl2FN2. The molecule has 1 fully saturated rings. The van der Waals surface area contributed by atoms with Gasteiger partial charge >= 0.3 is 0 Å². The Kier molecular flexibility index (Phi) is 6.23. The van der Waals surface area contributed by atoms with E-state index in [1.807, 2.05) is 18.2 Å². The third-order valence-electron chi connectivity index (χ3n) is 5.18. The van der Waals surface area contributed by atoms with Crippen LogP contribution in [0.15, 0.2) is 48.5 Å². The average molecular weight is 393 g/mol. The number of anilines is 1. The molecule has 1 saturated heterocycles. The van der Waals surface area contributed by atoms with Crippen LogP contribution in [0.2, 0.25) is 5.02 Å². The molecule has 2 aromatic rings. The third kappa shape index (κ3) is 4.22. The summed E-state index contributed by atoms with van der Waals surface area (Å²) < 4.78 is 13.1. The number of fused-ring (bicyclic) bond motifs is 1. The van der Waals surface area contributed by atoms with E-state index in [1.165, 1.54) is 28.8 Å². The monoisotopic (exact) mass is 392 g/mol. The van der Waals surface area contributed by atoms with Gasteiger partial charge in [0, 0.05) is 43.4 Å². The summed E-state index contributed by atoms with van der Waals surface area (Å²) in [5.74, 6) is -0.176. The number of halogens is 3. The Morgan fingerprint density at radius 3 is 2.42 bits per heavy atom. The minimum Gasteiger partial charge on any atom is -0.369 e. The van der Waals surface area contributed by atoms with Crippen molar-refractivity contribution in [2.75, 3.05) is 37.6 Å². The highest BCUT2D eigenvalue weighted by Gasteiger charge is 2.20. The second kappa shape index (κ2) is 8.43. The molecule has 4 rings (SSSR count). The van der Waals surface area contributed by atoms with Crippen LogP contribution in [0.5, 0.6) is 0 Å². The van der Waals surface area contributed by atoms with Gasteiger partial charge in [0.25, 0.3) is 0 Å². The van der Waals surface area contributed by atoms with Gasteiger partial charge in [-0.3, -0.25) is 4.90 Å². The van der Waals surface area contributed by atoms with E-state index in [9.17, 15) is 4.39 Å². The number of hydrogen-bond donors (Lipinski definition) is 0. The van der Waals surface area contributed by atoms with E-state index >= 15 is 0 Å². The number of hydrogen-bond acceptors (Lipinski definition) is 2. The van der Waals surface area contributed by atoms with Gasteiger partial charge in [-0.25, -0.2) is 4.39 Å². The standard InChI is InChI=1S/C21H22ClFN2.ClH/c22-18-4-9-21-16(14-18)2-1-3-17(21)15-24-10-12-25(13-11-24)20-7-5-19(23)6-8-20;/h3-9,14H,1-2,10-13,15H2;1H. The van der Waals surface area contributed by atoms with Gasteiger partial charge in [-0.1, -0.05) is 23.7 Å². The molecule has 0 aromatic heterocycles. The van der Waals surface area contributed by atoms with Crippen LogP contribution in [0.25, 0.3) is 5.57 Å². The van der Waals surface area contributed by atoms with Crippen molar-refractivity contribution in [2.24, 2.45) is 0 Å². The van der Waals surface area contributed by atoms with Crippen LogP contribution in [-0.2, 0) is 6.42 Å². The van der Waals surface area contributed by atoms with Crippen molar-refractivity contribution in [3.63, 3.8) is 0 Å². The molecule has 0 N–H and O–H groups in total. The highest BCUT2D eigenvalue weighted by molar-refractivity contribution is 6.30. The molecule has 0 radical (unpaired) electrons. The molecule has 1 heterocycles. The Morgan fingerprint density at radius 1 is 0.962 bits per heavy atom. The van der Waals surface area contributed by atoms with Crippen LogP contribution in [0.4, 0.5) is 10.1 Å². The first-order valence-corrected chi connectivity index (χ1v) is 9.27. The summed E-state index contributed by atoms with van der Waals surface area (Å²) in [6.07, 6.45) is 4.55. The van der Waals surface area contributed by atoms with Gasteiger partial charge in [0.05, 0.1) is 0 Å². The molecule has 0 spiro atoms. The van der Waals surface area contributed by atoms with Gasteiger partial charge in [0.2, 0.25) is 0 Å². The number of aryl methyl sites for hydroxylation is 1. The van der Waals surface area contributed by atoms with E-state index in [-0.39, 0.29) is 18.2 Å². The average Bonchev–Trinajstić information content (AvgIpc) is 2.63. The lowest BCUT2D eigenvalue weighted by Crippen LogP contribution is -2.46. The van der Waals surface area contributed by atoms with Crippen molar-refractivity contribution < 1.29 is 4.39 Å². The van der Waals surface area contributed by atoms with E-state index < -0.39 is 0 Å². The van der Waals surface area contributed by atoms with Gasteiger partial charge in [-0.15, -0.1) is 12.4 Å². The van der Waals surface area contributed by atoms with Crippen LogP contribution in [0.3, 0.4) is 0 Å². The van der Waals surface area contributed by atoms with Crippen molar-refractivity contribution in [1.82, 2.24) is 4.90 Å². The second-order valence-electron chi connectivity index (χ2n) is 6.81. The maximum Gasteiger partial charge on any atom is 0.123 e. The molecule has 0 bridgehead atoms. The van der Waals surface area contributed by atoms with E-state index in [0.717, 1.165) is 56.3 Å². The number of benzene rings is 2. The quantitative estimate of drug-likeness (QED) is 0.720. The number of nitrogens with zero attached hydrogens (tertiary/aromatic N) is 2. The minimum absolute atomic E-state index is 0. The van der Waals surface area contributed by atoms with Gasteiger partial charge < -0.3 is 4.90 Å². The van der Waals surface area contributed by atoms with Crippen LogP contribution in [-0.4, -0.2) is 37.6 Å². The molecule has 2 aromatic carbocycles. The number of piperazine rings is 1. The zero-order valence-corrected chi connectivity index (χ0v) is 16.2. The molecule has 0 unspecified atom stereocenters. The Bertz CT molecular complexity index is 781. The second-order valence-corrected chi connectivity index (χ2v) is 7.25. The summed E-state index contributed by atoms with van der Waals surface area (Å²) in [6.45, 7) is 5.00. The summed E-state index contributed by atoms with van der Waals surface area (Å²) in [7, 11) is 0. The summed E-state index contributed by atoms with van der Waals surface area (Å²) >= 11 is 6.14. The van der Waals surface area contributed by atoms with Crippen molar-refractivity contribution >= 4 is 35.3 Å². The topological polar surface area (TPSA) is 6.48 Å². The highest BCUT2D eigenvalue weighted by Crippen LogP contribution is 2.29. The van der Waals surface area contributed by atoms with Crippen LogP contribution < -0.4 is 4.90 Å². The van der Waals surface area contributed by atoms with Crippen molar-refractivity contribution in [2.45, 2.75) is 12.8 Å². The van der Waals surface area contributed by atoms with E-state index in [0.29, 0.717) is 0 Å². The largest absolute Gasteiger partial charge is 0.369 e. The first-order valence-electron chi connectivity index (χ1n) is 8.90. The molecule has 0 amide bonds. The first kappa shape index (κ1) is 19.2. The first-order chi connectivity index (χ1) is 12.2. The zero-order chi connectivity index (χ0) is 17.2. The fourth-order valence-corrected chi connectivity index (χ4v) is 4.00. The summed E-state index contributed by atoms with van der Waals surface area (Å²) in [5.41, 5.74) is 5.26. The Labute approximate surface area is 165 Å². The third-order valence-corrected chi connectivity index (χ3v) is 5.41. The van der Waals surface area contributed by atoms with Gasteiger partial charge in [0.15, 0.2) is 0 Å². The van der Waals surface area contributed by atoms with Crippen molar-refractivity contribution in [3.8, 4) is 0 Å². The molecule has 0 atom stereocenters. The fraction of sp³-hybridized carbons (Fsp3) is 0.333. The van der Waals surface area contributed by atoms with Crippen molar-refractivity contribution in [1.29, 1.82) is 0 Å². The normalized spacial score (nSPS) is 17.3. The number of allylic oxidation sites excluding steroid dienone is 1. The number of rotatable bonds is 3. The Morgan fingerprint density at radius 2 is 1.69 bits per heavy atom. The molecular weight excluding hydrogens is 370 g/mol. The SMILES string of the molecule is Cl.Fc1ccc(N2CCN(CC3=CCCc4cc(Cl)ccc43)CC2)cc1. The van der Waals surface area contributed by atoms with Crippen LogP contribution in [0, 0.1) is 5.82 Å². The van der Waals surface area contributed by atoms with E-state index in [1.54, 1.807) is 0 Å². The van der Waals surface area contributed by atoms with Crippen LogP contribution >= 0.6 is 24.0 Å². The van der Waals surface area contributed by atoms with Gasteiger partial charge in [-0.05, 0) is 65.9 Å². The Hall–Kier alpha value is -1.55. The summed E-state index contributed by atoms with van der Waals surface area (Å²) in [4.78, 5) is 4.84. The molecule has 2 nitrogen and oxygen atoms in total. The molecule has 1 aliphatic carbocycles. The molecule has 0 saturated carbocycles. The summed E-state index contributed by atoms with van der Waals surface area (Å²) in [5, 5.41) is 0.827. The molecule has 1 aliphatic heterocycles. The fourth-order valence-electron chi connectivity index (χ4n) is 3.80. The molecule has 138 valence electrons. The lowest BCUT2D eigenvalue weighted by molar-refractivity contribution is 0.287. The lowest BCUT2D eigenvalue weighted by Gasteiger charge is -2.37. The molecule has 5 heteroatoms. The maximum absolute atomic E-state index is 13.1. The molecule has 2 aliphatic rings. The van der Waals surface area contributed by atoms with E-state index in [2.05, 4.69) is 28.0 Å². The van der Waals surface area contributed by atoms with Crippen molar-refractivity contribution in [3.05, 3.63) is 70.5 Å². The zero-order valence-electron chi connectivity index (χ0n) is 14.6.